The van der Waals surface area contributed by atoms with E-state index in [0.717, 1.165) is 12.1 Å². The molecule has 0 aliphatic rings. The summed E-state index contributed by atoms with van der Waals surface area (Å²) in [5.74, 6) is -2.12. The Balaban J connectivity index is 2.67. The lowest BCUT2D eigenvalue weighted by atomic mass is 10.2. The molecular formula is C12H14BrF2NO2. The van der Waals surface area contributed by atoms with Crippen LogP contribution in [0.5, 0.6) is 0 Å². The molecule has 1 rings (SSSR count). The maximum atomic E-state index is 13.4. The van der Waals surface area contributed by atoms with Crippen molar-refractivity contribution in [3.8, 4) is 0 Å². The van der Waals surface area contributed by atoms with Gasteiger partial charge >= 0.3 is 5.97 Å². The molecule has 18 heavy (non-hydrogen) atoms. The molecule has 0 fully saturated rings. The highest BCUT2D eigenvalue weighted by molar-refractivity contribution is 9.10. The van der Waals surface area contributed by atoms with Crippen LogP contribution in [0.4, 0.5) is 14.5 Å². The molecule has 3 nitrogen and oxygen atoms in total. The van der Waals surface area contributed by atoms with E-state index in [9.17, 15) is 13.6 Å². The highest BCUT2D eigenvalue weighted by Gasteiger charge is 2.17. The Morgan fingerprint density at radius 1 is 1.33 bits per heavy atom. The third-order valence-electron chi connectivity index (χ3n) is 1.84. The van der Waals surface area contributed by atoms with Gasteiger partial charge < -0.3 is 10.1 Å². The van der Waals surface area contributed by atoms with Crippen molar-refractivity contribution in [2.45, 2.75) is 26.4 Å². The van der Waals surface area contributed by atoms with E-state index in [1.165, 1.54) is 0 Å². The van der Waals surface area contributed by atoms with Gasteiger partial charge in [0, 0.05) is 4.47 Å². The van der Waals surface area contributed by atoms with Gasteiger partial charge in [0.05, 0.1) is 0 Å². The van der Waals surface area contributed by atoms with Gasteiger partial charge in [-0.15, -0.1) is 0 Å². The van der Waals surface area contributed by atoms with Crippen LogP contribution in [-0.4, -0.2) is 18.1 Å². The summed E-state index contributed by atoms with van der Waals surface area (Å²) in [5.41, 5.74) is -0.973. The van der Waals surface area contributed by atoms with Gasteiger partial charge in [0.2, 0.25) is 0 Å². The van der Waals surface area contributed by atoms with Crippen LogP contribution in [0, 0.1) is 11.6 Å². The predicted octanol–water partition coefficient (Wildman–Crippen LogP) is 3.48. The fraction of sp³-hybridized carbons (Fsp3) is 0.417. The third-order valence-corrected chi connectivity index (χ3v) is 2.29. The monoisotopic (exact) mass is 321 g/mol. The minimum atomic E-state index is -0.773. The maximum absolute atomic E-state index is 13.4. The average Bonchev–Trinajstić information content (AvgIpc) is 2.12. The van der Waals surface area contributed by atoms with E-state index in [2.05, 4.69) is 21.2 Å². The average molecular weight is 322 g/mol. The molecule has 0 saturated carbocycles. The van der Waals surface area contributed by atoms with Gasteiger partial charge in [-0.1, -0.05) is 15.9 Å². The van der Waals surface area contributed by atoms with Gasteiger partial charge in [-0.25, -0.2) is 8.78 Å². The number of ether oxygens (including phenoxy) is 1. The summed E-state index contributed by atoms with van der Waals surface area (Å²) in [5, 5.41) is 2.39. The molecular weight excluding hydrogens is 308 g/mol. The topological polar surface area (TPSA) is 38.3 Å². The van der Waals surface area contributed by atoms with Crippen LogP contribution in [0.1, 0.15) is 20.8 Å². The molecule has 0 bridgehead atoms. The highest BCUT2D eigenvalue weighted by Crippen LogP contribution is 2.23. The van der Waals surface area contributed by atoms with Crippen molar-refractivity contribution in [2.75, 3.05) is 11.9 Å². The summed E-state index contributed by atoms with van der Waals surface area (Å²) in [4.78, 5) is 11.4. The molecule has 0 aliphatic heterocycles. The van der Waals surface area contributed by atoms with Crippen LogP contribution < -0.4 is 5.32 Å². The third kappa shape index (κ3) is 4.60. The summed E-state index contributed by atoms with van der Waals surface area (Å²) in [7, 11) is 0. The Morgan fingerprint density at radius 2 is 1.83 bits per heavy atom. The van der Waals surface area contributed by atoms with E-state index in [0.29, 0.717) is 4.47 Å². The largest absolute Gasteiger partial charge is 0.459 e. The van der Waals surface area contributed by atoms with E-state index < -0.39 is 23.2 Å². The van der Waals surface area contributed by atoms with Crippen molar-refractivity contribution < 1.29 is 18.3 Å². The molecule has 0 unspecified atom stereocenters. The first kappa shape index (κ1) is 14.9. The molecule has 6 heteroatoms. The molecule has 0 atom stereocenters. The molecule has 0 amide bonds. The minimum absolute atomic E-state index is 0.292. The Bertz CT molecular complexity index is 435. The Morgan fingerprint density at radius 3 is 2.28 bits per heavy atom. The zero-order valence-electron chi connectivity index (χ0n) is 10.3. The standard InChI is InChI=1S/C12H14BrF2NO2/c1-12(2,3)18-10(17)6-16-11-8(14)4-7(13)5-9(11)15/h4-5,16H,6H2,1-3H3. The molecule has 0 spiro atoms. The second-order valence-corrected chi connectivity index (χ2v) is 5.60. The smallest absolute Gasteiger partial charge is 0.325 e. The number of carbonyl (C=O) groups is 1. The van der Waals surface area contributed by atoms with Gasteiger partial charge in [0.15, 0.2) is 0 Å². The van der Waals surface area contributed by atoms with Crippen LogP contribution in [0.25, 0.3) is 0 Å². The zero-order chi connectivity index (χ0) is 13.9. The first-order chi connectivity index (χ1) is 8.19. The van der Waals surface area contributed by atoms with Gasteiger partial charge in [-0.2, -0.15) is 0 Å². The lowest BCUT2D eigenvalue weighted by molar-refractivity contribution is -0.152. The Kier molecular flexibility index (Phi) is 4.67. The number of hydrogen-bond acceptors (Lipinski definition) is 3. The van der Waals surface area contributed by atoms with Crippen LogP contribution in [0.15, 0.2) is 16.6 Å². The van der Waals surface area contributed by atoms with Crippen molar-refractivity contribution in [1.29, 1.82) is 0 Å². The lowest BCUT2D eigenvalue weighted by Crippen LogP contribution is -2.28. The molecule has 1 N–H and O–H groups in total. The molecule has 0 radical (unpaired) electrons. The lowest BCUT2D eigenvalue weighted by Gasteiger charge is -2.19. The van der Waals surface area contributed by atoms with E-state index in [1.807, 2.05) is 0 Å². The Hall–Kier alpha value is -1.17. The molecule has 100 valence electrons. The van der Waals surface area contributed by atoms with Crippen LogP contribution in [-0.2, 0) is 9.53 Å². The number of anilines is 1. The normalized spacial score (nSPS) is 11.2. The molecule has 0 saturated heterocycles. The van der Waals surface area contributed by atoms with Crippen molar-refractivity contribution in [2.24, 2.45) is 0 Å². The van der Waals surface area contributed by atoms with Crippen LogP contribution >= 0.6 is 15.9 Å². The van der Waals surface area contributed by atoms with Crippen LogP contribution in [0.3, 0.4) is 0 Å². The maximum Gasteiger partial charge on any atom is 0.325 e. The van der Waals surface area contributed by atoms with Gasteiger partial charge in [-0.3, -0.25) is 4.79 Å². The van der Waals surface area contributed by atoms with Gasteiger partial charge in [0.25, 0.3) is 0 Å². The summed E-state index contributed by atoms with van der Waals surface area (Å²) >= 11 is 2.97. The zero-order valence-corrected chi connectivity index (χ0v) is 11.9. The fourth-order valence-corrected chi connectivity index (χ4v) is 1.65. The van der Waals surface area contributed by atoms with Gasteiger partial charge in [0.1, 0.15) is 29.5 Å². The van der Waals surface area contributed by atoms with Crippen LogP contribution in [0.2, 0.25) is 0 Å². The first-order valence-electron chi connectivity index (χ1n) is 5.29. The summed E-state index contributed by atoms with van der Waals surface area (Å²) in [6.45, 7) is 4.84. The molecule has 1 aromatic carbocycles. The molecule has 0 aromatic heterocycles. The van der Waals surface area contributed by atoms with Crippen molar-refractivity contribution in [3.63, 3.8) is 0 Å². The highest BCUT2D eigenvalue weighted by atomic mass is 79.9. The molecule has 0 heterocycles. The SMILES string of the molecule is CC(C)(C)OC(=O)CNc1c(F)cc(Br)cc1F. The Labute approximate surface area is 113 Å². The second-order valence-electron chi connectivity index (χ2n) is 4.68. The number of halogens is 3. The fourth-order valence-electron chi connectivity index (χ4n) is 1.25. The number of rotatable bonds is 3. The number of nitrogens with one attached hydrogen (secondary N) is 1. The summed E-state index contributed by atoms with van der Waals surface area (Å²) < 4.78 is 32.1. The van der Waals surface area contributed by atoms with E-state index in [-0.39, 0.29) is 12.2 Å². The minimum Gasteiger partial charge on any atom is -0.459 e. The summed E-state index contributed by atoms with van der Waals surface area (Å²) in [6.07, 6.45) is 0. The number of carbonyl (C=O) groups excluding carboxylic acids is 1. The quantitative estimate of drug-likeness (QED) is 0.866. The molecule has 0 aliphatic carbocycles. The number of benzene rings is 1. The number of hydrogen-bond donors (Lipinski definition) is 1. The molecule has 1 aromatic rings. The van der Waals surface area contributed by atoms with E-state index in [4.69, 9.17) is 4.74 Å². The second kappa shape index (κ2) is 5.65. The predicted molar refractivity (Wildman–Crippen MR) is 68.4 cm³/mol. The van der Waals surface area contributed by atoms with Crippen molar-refractivity contribution in [3.05, 3.63) is 28.2 Å². The first-order valence-corrected chi connectivity index (χ1v) is 6.08. The van der Waals surface area contributed by atoms with Gasteiger partial charge in [-0.05, 0) is 32.9 Å². The van der Waals surface area contributed by atoms with E-state index >= 15 is 0 Å². The summed E-state index contributed by atoms with van der Waals surface area (Å²) in [6, 6.07) is 2.22. The van der Waals surface area contributed by atoms with E-state index in [1.54, 1.807) is 20.8 Å². The number of esters is 1. The van der Waals surface area contributed by atoms with Crippen molar-refractivity contribution >= 4 is 27.6 Å². The van der Waals surface area contributed by atoms with Crippen molar-refractivity contribution in [1.82, 2.24) is 0 Å².